The molecule has 0 aliphatic carbocycles. The van der Waals surface area contributed by atoms with E-state index in [0.717, 1.165) is 4.57 Å². The Bertz CT molecular complexity index is 670. The molecule has 0 saturated heterocycles. The number of carbonyl (C=O) groups excluding carboxylic acids is 1. The van der Waals surface area contributed by atoms with Crippen molar-refractivity contribution < 1.29 is 19.4 Å². The van der Waals surface area contributed by atoms with Gasteiger partial charge in [-0.2, -0.15) is 0 Å². The molecule has 0 aliphatic heterocycles. The summed E-state index contributed by atoms with van der Waals surface area (Å²) in [6.07, 6.45) is 2.17. The Morgan fingerprint density at radius 3 is 2.57 bits per heavy atom. The fraction of sp³-hybridized carbons (Fsp3) is 0.438. The number of hydrogen-bond donors (Lipinski definition) is 2. The highest BCUT2D eigenvalue weighted by atomic mass is 16.6. The largest absolute Gasteiger partial charge is 0.480 e. The third-order valence-corrected chi connectivity index (χ3v) is 2.83. The van der Waals surface area contributed by atoms with E-state index in [4.69, 9.17) is 4.74 Å². The lowest BCUT2D eigenvalue weighted by atomic mass is 10.2. The van der Waals surface area contributed by atoms with Crippen LogP contribution in [-0.4, -0.2) is 27.3 Å². The molecule has 0 saturated carbocycles. The Morgan fingerprint density at radius 1 is 1.48 bits per heavy atom. The Morgan fingerprint density at radius 2 is 2.09 bits per heavy atom. The average Bonchev–Trinajstić information content (AvgIpc) is 2.37. The van der Waals surface area contributed by atoms with Crippen LogP contribution in [0.1, 0.15) is 38.8 Å². The van der Waals surface area contributed by atoms with E-state index in [1.807, 2.05) is 0 Å². The predicted octanol–water partition coefficient (Wildman–Crippen LogP) is 2.71. The second-order valence-electron chi connectivity index (χ2n) is 6.15. The van der Waals surface area contributed by atoms with E-state index >= 15 is 0 Å². The first kappa shape index (κ1) is 18.5. The minimum atomic E-state index is -1.15. The summed E-state index contributed by atoms with van der Waals surface area (Å²) in [5, 5.41) is 11.6. The molecule has 1 rings (SSSR count). The molecule has 0 radical (unpaired) electrons. The van der Waals surface area contributed by atoms with Gasteiger partial charge < -0.3 is 9.84 Å². The molecule has 0 unspecified atom stereocenters. The molecule has 1 amide bonds. The van der Waals surface area contributed by atoms with Crippen molar-refractivity contribution in [2.45, 2.75) is 45.8 Å². The number of anilines is 1. The van der Waals surface area contributed by atoms with E-state index in [2.05, 4.69) is 11.9 Å². The highest BCUT2D eigenvalue weighted by Gasteiger charge is 2.22. The average molecular weight is 322 g/mol. The maximum atomic E-state index is 12.4. The van der Waals surface area contributed by atoms with Crippen LogP contribution in [0.15, 0.2) is 29.7 Å². The smallest absolute Gasteiger partial charge is 0.412 e. The van der Waals surface area contributed by atoms with Gasteiger partial charge in [-0.1, -0.05) is 6.08 Å². The van der Waals surface area contributed by atoms with Gasteiger partial charge in [0.25, 0.3) is 5.56 Å². The van der Waals surface area contributed by atoms with Crippen LogP contribution in [0, 0.1) is 6.92 Å². The van der Waals surface area contributed by atoms with Gasteiger partial charge in [0.2, 0.25) is 0 Å². The van der Waals surface area contributed by atoms with E-state index in [9.17, 15) is 19.5 Å². The molecule has 1 heterocycles. The lowest BCUT2D eigenvalue weighted by molar-refractivity contribution is -0.140. The van der Waals surface area contributed by atoms with Crippen molar-refractivity contribution >= 4 is 17.7 Å². The number of carbonyl (C=O) groups is 2. The number of aliphatic carboxylic acids is 1. The van der Waals surface area contributed by atoms with Crippen molar-refractivity contribution in [3.05, 3.63) is 40.8 Å². The molecule has 23 heavy (non-hydrogen) atoms. The van der Waals surface area contributed by atoms with Crippen molar-refractivity contribution in [1.29, 1.82) is 0 Å². The molecule has 7 nitrogen and oxygen atoms in total. The monoisotopic (exact) mass is 322 g/mol. The summed E-state index contributed by atoms with van der Waals surface area (Å²) in [5.74, 6) is -1.15. The van der Waals surface area contributed by atoms with Gasteiger partial charge in [-0.05, 0) is 45.7 Å². The number of amides is 1. The summed E-state index contributed by atoms with van der Waals surface area (Å²) in [5.41, 5.74) is -0.726. The Labute approximate surface area is 134 Å². The van der Waals surface area contributed by atoms with Crippen molar-refractivity contribution in [2.75, 3.05) is 5.32 Å². The van der Waals surface area contributed by atoms with Crippen LogP contribution in [0.4, 0.5) is 10.5 Å². The maximum absolute atomic E-state index is 12.4. The molecular formula is C16H22N2O5. The number of carboxylic acids is 1. The van der Waals surface area contributed by atoms with E-state index in [-0.39, 0.29) is 12.1 Å². The second-order valence-corrected chi connectivity index (χ2v) is 6.15. The van der Waals surface area contributed by atoms with Crippen molar-refractivity contribution in [3.8, 4) is 0 Å². The second kappa shape index (κ2) is 7.13. The van der Waals surface area contributed by atoms with Gasteiger partial charge in [0.05, 0.1) is 0 Å². The van der Waals surface area contributed by atoms with Crippen LogP contribution in [0.25, 0.3) is 0 Å². The molecule has 1 aromatic rings. The molecule has 126 valence electrons. The molecule has 0 aliphatic rings. The molecule has 7 heteroatoms. The lowest BCUT2D eigenvalue weighted by Crippen LogP contribution is -2.34. The Hall–Kier alpha value is -2.57. The standard InChI is InChI=1S/C16H22N2O5/c1-6-7-12(14(20)21)18-9-10(2)8-11(13(18)19)17-15(22)23-16(3,4)5/h6,8-9,12H,1,7H2,2-5H3,(H,17,22)(H,20,21)/t12-/m0/s1. The first-order chi connectivity index (χ1) is 10.5. The van der Waals surface area contributed by atoms with Gasteiger partial charge in [-0.3, -0.25) is 14.7 Å². The van der Waals surface area contributed by atoms with Crippen LogP contribution < -0.4 is 10.9 Å². The summed E-state index contributed by atoms with van der Waals surface area (Å²) in [6.45, 7) is 10.3. The number of aromatic nitrogens is 1. The van der Waals surface area contributed by atoms with Gasteiger partial charge >= 0.3 is 12.1 Å². The summed E-state index contributed by atoms with van der Waals surface area (Å²) >= 11 is 0. The topological polar surface area (TPSA) is 97.6 Å². The first-order valence-electron chi connectivity index (χ1n) is 7.11. The molecule has 0 bridgehead atoms. The zero-order valence-electron chi connectivity index (χ0n) is 13.8. The number of carboxylic acid groups (broad SMARTS) is 1. The van der Waals surface area contributed by atoms with E-state index in [0.29, 0.717) is 5.56 Å². The van der Waals surface area contributed by atoms with E-state index < -0.39 is 29.3 Å². The van der Waals surface area contributed by atoms with Crippen LogP contribution in [0.3, 0.4) is 0 Å². The Balaban J connectivity index is 3.21. The molecule has 0 aromatic carbocycles. The van der Waals surface area contributed by atoms with Crippen LogP contribution in [-0.2, 0) is 9.53 Å². The molecular weight excluding hydrogens is 300 g/mol. The maximum Gasteiger partial charge on any atom is 0.412 e. The zero-order chi connectivity index (χ0) is 17.8. The summed E-state index contributed by atoms with van der Waals surface area (Å²) in [6, 6.07) is 0.384. The van der Waals surface area contributed by atoms with Gasteiger partial charge in [-0.25, -0.2) is 9.59 Å². The minimum absolute atomic E-state index is 0.0328. The molecule has 0 spiro atoms. The van der Waals surface area contributed by atoms with Crippen LogP contribution >= 0.6 is 0 Å². The fourth-order valence-electron chi connectivity index (χ4n) is 1.97. The van der Waals surface area contributed by atoms with Crippen molar-refractivity contribution in [2.24, 2.45) is 0 Å². The molecule has 0 fully saturated rings. The lowest BCUT2D eigenvalue weighted by Gasteiger charge is -2.20. The third kappa shape index (κ3) is 5.28. The summed E-state index contributed by atoms with van der Waals surface area (Å²) < 4.78 is 6.18. The highest BCUT2D eigenvalue weighted by Crippen LogP contribution is 2.15. The van der Waals surface area contributed by atoms with Crippen molar-refractivity contribution in [3.63, 3.8) is 0 Å². The zero-order valence-corrected chi connectivity index (χ0v) is 13.8. The highest BCUT2D eigenvalue weighted by molar-refractivity contribution is 5.84. The SMILES string of the molecule is C=CC[C@@H](C(=O)O)n1cc(C)cc(NC(=O)OC(C)(C)C)c1=O. The molecule has 1 aromatic heterocycles. The number of pyridine rings is 1. The van der Waals surface area contributed by atoms with E-state index in [1.54, 1.807) is 27.7 Å². The number of hydrogen-bond acceptors (Lipinski definition) is 4. The number of nitrogens with zero attached hydrogens (tertiary/aromatic N) is 1. The number of allylic oxidation sites excluding steroid dienone is 1. The van der Waals surface area contributed by atoms with Gasteiger partial charge in [-0.15, -0.1) is 6.58 Å². The fourth-order valence-corrected chi connectivity index (χ4v) is 1.97. The molecule has 1 atom stereocenters. The van der Waals surface area contributed by atoms with Crippen molar-refractivity contribution in [1.82, 2.24) is 4.57 Å². The van der Waals surface area contributed by atoms with Crippen LogP contribution in [0.5, 0.6) is 0 Å². The summed E-state index contributed by atoms with van der Waals surface area (Å²) in [7, 11) is 0. The van der Waals surface area contributed by atoms with Gasteiger partial charge in [0.1, 0.15) is 17.3 Å². The van der Waals surface area contributed by atoms with E-state index in [1.165, 1.54) is 18.3 Å². The quantitative estimate of drug-likeness (QED) is 0.812. The minimum Gasteiger partial charge on any atom is -0.480 e. The molecule has 2 N–H and O–H groups in total. The predicted molar refractivity (Wildman–Crippen MR) is 86.8 cm³/mol. The third-order valence-electron chi connectivity index (χ3n) is 2.83. The number of nitrogens with one attached hydrogen (secondary N) is 1. The first-order valence-corrected chi connectivity index (χ1v) is 7.11. The normalized spacial score (nSPS) is 12.3. The summed E-state index contributed by atoms with van der Waals surface area (Å²) in [4.78, 5) is 35.6. The number of aryl methyl sites for hydroxylation is 1. The van der Waals surface area contributed by atoms with Gasteiger partial charge in [0.15, 0.2) is 0 Å². The van der Waals surface area contributed by atoms with Gasteiger partial charge in [0, 0.05) is 6.20 Å². The number of ether oxygens (including phenoxy) is 1. The van der Waals surface area contributed by atoms with Crippen LogP contribution in [0.2, 0.25) is 0 Å². The Kier molecular flexibility index (Phi) is 5.73. The number of rotatable bonds is 5.